The van der Waals surface area contributed by atoms with Gasteiger partial charge in [-0.1, -0.05) is 32.9 Å². The van der Waals surface area contributed by atoms with E-state index in [1.54, 1.807) is 6.20 Å². The zero-order valence-corrected chi connectivity index (χ0v) is 20.0. The summed E-state index contributed by atoms with van der Waals surface area (Å²) in [5.41, 5.74) is 2.16. The van der Waals surface area contributed by atoms with E-state index < -0.39 is 0 Å². The number of hydrogen-bond acceptors (Lipinski definition) is 5. The maximum Gasteiger partial charge on any atom is 0.231 e. The average molecular weight is 450 g/mol. The number of nitrogens with zero attached hydrogens (tertiary/aromatic N) is 4. The molecule has 7 nitrogen and oxygen atoms in total. The molecule has 0 radical (unpaired) electrons. The number of benzene rings is 1. The predicted octanol–water partition coefficient (Wildman–Crippen LogP) is 3.77. The van der Waals surface area contributed by atoms with Crippen molar-refractivity contribution in [3.8, 4) is 0 Å². The second-order valence-electron chi connectivity index (χ2n) is 10.6. The molecule has 1 N–H and O–H groups in total. The van der Waals surface area contributed by atoms with Gasteiger partial charge in [0.2, 0.25) is 11.8 Å². The molecule has 176 valence electrons. The van der Waals surface area contributed by atoms with Crippen LogP contribution in [-0.4, -0.2) is 53.1 Å². The number of rotatable bonds is 6. The van der Waals surface area contributed by atoms with Crippen molar-refractivity contribution in [1.82, 2.24) is 15.1 Å². The fraction of sp³-hybridized carbons (Fsp3) is 0.538. The summed E-state index contributed by atoms with van der Waals surface area (Å²) < 4.78 is 0. The van der Waals surface area contributed by atoms with Crippen LogP contribution >= 0.6 is 0 Å². The molecule has 0 bridgehead atoms. The lowest BCUT2D eigenvalue weighted by atomic mass is 9.88. The molecule has 7 heteroatoms. The Bertz CT molecular complexity index is 941. The normalized spacial score (nSPS) is 17.5. The Morgan fingerprint density at radius 3 is 2.36 bits per heavy atom. The van der Waals surface area contributed by atoms with Gasteiger partial charge >= 0.3 is 0 Å². The van der Waals surface area contributed by atoms with Crippen molar-refractivity contribution >= 4 is 23.3 Å². The lowest BCUT2D eigenvalue weighted by Crippen LogP contribution is -2.52. The number of hydrogen-bond donors (Lipinski definition) is 1. The second kappa shape index (κ2) is 9.89. The first-order valence-corrected chi connectivity index (χ1v) is 12.0. The molecule has 0 unspecified atom stereocenters. The highest BCUT2D eigenvalue weighted by molar-refractivity contribution is 5.94. The van der Waals surface area contributed by atoms with E-state index in [-0.39, 0.29) is 23.1 Å². The molecule has 2 fully saturated rings. The minimum Gasteiger partial charge on any atom is -0.353 e. The van der Waals surface area contributed by atoms with Gasteiger partial charge in [-0.15, -0.1) is 5.10 Å². The molecule has 33 heavy (non-hydrogen) atoms. The Hall–Kier alpha value is -2.96. The molecule has 2 aromatic rings. The van der Waals surface area contributed by atoms with Crippen LogP contribution in [0.3, 0.4) is 0 Å². The first kappa shape index (κ1) is 23.2. The van der Waals surface area contributed by atoms with Gasteiger partial charge in [-0.3, -0.25) is 9.59 Å². The zero-order chi connectivity index (χ0) is 23.4. The van der Waals surface area contributed by atoms with E-state index in [1.165, 1.54) is 5.56 Å². The number of amides is 2. The molecule has 0 atom stereocenters. The Balaban J connectivity index is 1.19. The first-order valence-electron chi connectivity index (χ1n) is 12.0. The van der Waals surface area contributed by atoms with Gasteiger partial charge in [-0.05, 0) is 60.4 Å². The summed E-state index contributed by atoms with van der Waals surface area (Å²) in [5.74, 6) is 1.72. The first-order chi connectivity index (χ1) is 15.8. The third kappa shape index (κ3) is 6.30. The maximum absolute atomic E-state index is 12.5. The van der Waals surface area contributed by atoms with Crippen LogP contribution in [0.2, 0.25) is 0 Å². The van der Waals surface area contributed by atoms with Crippen LogP contribution in [0.1, 0.15) is 45.6 Å². The van der Waals surface area contributed by atoms with Crippen LogP contribution in [0.25, 0.3) is 0 Å². The van der Waals surface area contributed by atoms with E-state index in [0.717, 1.165) is 43.9 Å². The van der Waals surface area contributed by atoms with Crippen molar-refractivity contribution in [2.45, 2.75) is 46.5 Å². The average Bonchev–Trinajstić information content (AvgIpc) is 2.74. The molecule has 2 saturated heterocycles. The van der Waals surface area contributed by atoms with Crippen molar-refractivity contribution in [3.63, 3.8) is 0 Å². The smallest absolute Gasteiger partial charge is 0.231 e. The van der Waals surface area contributed by atoms with Crippen molar-refractivity contribution in [1.29, 1.82) is 0 Å². The summed E-state index contributed by atoms with van der Waals surface area (Å²) in [6.07, 6.45) is 5.39. The van der Waals surface area contributed by atoms with Gasteiger partial charge in [0.1, 0.15) is 0 Å². The van der Waals surface area contributed by atoms with Gasteiger partial charge in [0.15, 0.2) is 5.82 Å². The van der Waals surface area contributed by atoms with Gasteiger partial charge in [0.25, 0.3) is 0 Å². The molecule has 1 aromatic carbocycles. The van der Waals surface area contributed by atoms with Crippen LogP contribution in [-0.2, 0) is 16.0 Å². The Morgan fingerprint density at radius 1 is 1.06 bits per heavy atom. The van der Waals surface area contributed by atoms with Gasteiger partial charge in [0.05, 0.1) is 5.92 Å². The van der Waals surface area contributed by atoms with Crippen molar-refractivity contribution in [3.05, 3.63) is 48.2 Å². The fourth-order valence-electron chi connectivity index (χ4n) is 4.55. The summed E-state index contributed by atoms with van der Waals surface area (Å²) >= 11 is 0. The van der Waals surface area contributed by atoms with Crippen LogP contribution < -0.4 is 10.2 Å². The van der Waals surface area contributed by atoms with Gasteiger partial charge in [-0.2, -0.15) is 5.10 Å². The third-order valence-corrected chi connectivity index (χ3v) is 6.53. The predicted molar refractivity (Wildman–Crippen MR) is 130 cm³/mol. The van der Waals surface area contributed by atoms with Crippen LogP contribution in [0.5, 0.6) is 0 Å². The molecule has 0 saturated carbocycles. The molecule has 1 aromatic heterocycles. The molecule has 4 rings (SSSR count). The van der Waals surface area contributed by atoms with Crippen LogP contribution in [0, 0.1) is 17.3 Å². The number of nitrogens with one attached hydrogen (secondary N) is 1. The quantitative estimate of drug-likeness (QED) is 0.726. The Morgan fingerprint density at radius 2 is 1.76 bits per heavy atom. The highest BCUT2D eigenvalue weighted by Crippen LogP contribution is 2.26. The third-order valence-electron chi connectivity index (χ3n) is 6.53. The molecule has 0 aliphatic carbocycles. The van der Waals surface area contributed by atoms with E-state index in [2.05, 4.69) is 53.3 Å². The lowest BCUT2D eigenvalue weighted by Gasteiger charge is -2.38. The van der Waals surface area contributed by atoms with E-state index in [1.807, 2.05) is 29.2 Å². The number of carbonyl (C=O) groups excluding carboxylic acids is 2. The largest absolute Gasteiger partial charge is 0.353 e. The highest BCUT2D eigenvalue weighted by Gasteiger charge is 2.33. The maximum atomic E-state index is 12.5. The second-order valence-corrected chi connectivity index (χ2v) is 10.6. The number of piperidine rings is 1. The molecular formula is C26H35N5O2. The monoisotopic (exact) mass is 449 g/mol. The summed E-state index contributed by atoms with van der Waals surface area (Å²) in [5, 5.41) is 11.0. The minimum absolute atomic E-state index is 0.0298. The highest BCUT2D eigenvalue weighted by atomic mass is 16.2. The van der Waals surface area contributed by atoms with Gasteiger partial charge in [-0.25, -0.2) is 0 Å². The summed E-state index contributed by atoms with van der Waals surface area (Å²) in [4.78, 5) is 29.1. The minimum atomic E-state index is -0.0298. The standard InChI is InChI=1S/C26H35N5O2/c1-26(2,3)16-24(32)30-13-10-20(11-14-30)15-19-6-8-22(9-7-19)28-25(33)21-17-31(18-21)23-5-4-12-27-29-23/h4-9,12,20-21H,10-11,13-18H2,1-3H3,(H,28,33). The Labute approximate surface area is 196 Å². The fourth-order valence-corrected chi connectivity index (χ4v) is 4.55. The Kier molecular flexibility index (Phi) is 6.96. The molecule has 3 heterocycles. The molecule has 0 spiro atoms. The molecule has 2 amide bonds. The molecular weight excluding hydrogens is 414 g/mol. The molecule has 2 aliphatic heterocycles. The van der Waals surface area contributed by atoms with Crippen molar-refractivity contribution < 1.29 is 9.59 Å². The summed E-state index contributed by atoms with van der Waals surface area (Å²) in [6.45, 7) is 9.40. The number of likely N-dealkylation sites (tertiary alicyclic amines) is 1. The topological polar surface area (TPSA) is 78.4 Å². The van der Waals surface area contributed by atoms with Gasteiger partial charge in [0, 0.05) is 44.5 Å². The van der Waals surface area contributed by atoms with E-state index in [9.17, 15) is 9.59 Å². The number of aromatic nitrogens is 2. The zero-order valence-electron chi connectivity index (χ0n) is 20.0. The lowest BCUT2D eigenvalue weighted by molar-refractivity contribution is -0.134. The number of anilines is 2. The van der Waals surface area contributed by atoms with Crippen molar-refractivity contribution in [2.24, 2.45) is 17.3 Å². The SMILES string of the molecule is CC(C)(C)CC(=O)N1CCC(Cc2ccc(NC(=O)C3CN(c4cccnn4)C3)cc2)CC1. The van der Waals surface area contributed by atoms with E-state index >= 15 is 0 Å². The molecule has 2 aliphatic rings. The summed E-state index contributed by atoms with van der Waals surface area (Å²) in [6, 6.07) is 12.0. The number of carbonyl (C=O) groups is 2. The van der Waals surface area contributed by atoms with Gasteiger partial charge < -0.3 is 15.1 Å². The van der Waals surface area contributed by atoms with E-state index in [4.69, 9.17) is 0 Å². The van der Waals surface area contributed by atoms with Crippen LogP contribution in [0.15, 0.2) is 42.6 Å². The van der Waals surface area contributed by atoms with Crippen molar-refractivity contribution in [2.75, 3.05) is 36.4 Å². The summed E-state index contributed by atoms with van der Waals surface area (Å²) in [7, 11) is 0. The van der Waals surface area contributed by atoms with Crippen LogP contribution in [0.4, 0.5) is 11.5 Å². The van der Waals surface area contributed by atoms with E-state index in [0.29, 0.717) is 25.4 Å².